The van der Waals surface area contributed by atoms with Gasteiger partial charge in [-0.2, -0.15) is 10.4 Å². The minimum Gasteiger partial charge on any atom is -0.375 e. The van der Waals surface area contributed by atoms with Crippen LogP contribution in [0.3, 0.4) is 0 Å². The fourth-order valence-electron chi connectivity index (χ4n) is 2.13. The Bertz CT molecular complexity index is 409. The Morgan fingerprint density at radius 3 is 2.75 bits per heavy atom. The second-order valence-corrected chi connectivity index (χ2v) is 4.74. The van der Waals surface area contributed by atoms with Crippen molar-refractivity contribution >= 4 is 5.69 Å². The molecule has 0 radical (unpaired) electrons. The number of nitriles is 1. The van der Waals surface area contributed by atoms with E-state index in [0.29, 0.717) is 12.3 Å². The van der Waals surface area contributed by atoms with Crippen molar-refractivity contribution in [3.8, 4) is 6.07 Å². The molecule has 1 unspecified atom stereocenters. The highest BCUT2D eigenvalue weighted by molar-refractivity contribution is 5.47. The van der Waals surface area contributed by atoms with Crippen molar-refractivity contribution in [2.24, 2.45) is 5.92 Å². The van der Waals surface area contributed by atoms with Crippen LogP contribution in [0.1, 0.15) is 31.0 Å². The number of nitrogens with zero attached hydrogens (tertiary/aromatic N) is 4. The zero-order chi connectivity index (χ0) is 11.7. The summed E-state index contributed by atoms with van der Waals surface area (Å²) in [5.41, 5.74) is 2.18. The molecule has 1 aliphatic rings. The summed E-state index contributed by atoms with van der Waals surface area (Å²) in [6.45, 7) is 2.02. The molecular formula is C12H18N4. The van der Waals surface area contributed by atoms with Gasteiger partial charge in [0.2, 0.25) is 0 Å². The number of hydrogen-bond acceptors (Lipinski definition) is 3. The molecule has 1 saturated carbocycles. The van der Waals surface area contributed by atoms with Gasteiger partial charge in [-0.1, -0.05) is 0 Å². The van der Waals surface area contributed by atoms with Gasteiger partial charge in [0.15, 0.2) is 0 Å². The Morgan fingerprint density at radius 2 is 2.31 bits per heavy atom. The van der Waals surface area contributed by atoms with E-state index in [1.54, 1.807) is 0 Å². The topological polar surface area (TPSA) is 44.9 Å². The van der Waals surface area contributed by atoms with Crippen LogP contribution in [0.4, 0.5) is 5.69 Å². The predicted molar refractivity (Wildman–Crippen MR) is 63.3 cm³/mol. The van der Waals surface area contributed by atoms with Gasteiger partial charge in [-0.3, -0.25) is 4.68 Å². The normalized spacial score (nSPS) is 16.9. The van der Waals surface area contributed by atoms with Crippen molar-refractivity contribution in [3.63, 3.8) is 0 Å². The molecule has 0 amide bonds. The number of anilines is 1. The molecule has 0 N–H and O–H groups in total. The molecular weight excluding hydrogens is 200 g/mol. The van der Waals surface area contributed by atoms with E-state index in [0.717, 1.165) is 11.4 Å². The second kappa shape index (κ2) is 4.17. The zero-order valence-corrected chi connectivity index (χ0v) is 10.1. The molecule has 0 bridgehead atoms. The molecule has 1 aromatic heterocycles. The lowest BCUT2D eigenvalue weighted by Crippen LogP contribution is -2.12. The first-order valence-electron chi connectivity index (χ1n) is 5.73. The maximum atomic E-state index is 8.86. The largest absolute Gasteiger partial charge is 0.375 e. The number of rotatable bonds is 4. The molecule has 16 heavy (non-hydrogen) atoms. The highest BCUT2D eigenvalue weighted by Crippen LogP contribution is 2.41. The first-order valence-corrected chi connectivity index (χ1v) is 5.73. The maximum absolute atomic E-state index is 8.86. The molecule has 1 aliphatic carbocycles. The average Bonchev–Trinajstić information content (AvgIpc) is 2.98. The standard InChI is InChI=1S/C12H18N4/c1-9-12(15(2)3)8-16(14-9)11(6-7-13)10-4-5-10/h8,10-11H,4-6H2,1-3H3. The lowest BCUT2D eigenvalue weighted by atomic mass is 10.1. The Labute approximate surface area is 96.5 Å². The predicted octanol–water partition coefficient (Wildman–Crippen LogP) is 2.12. The molecule has 4 heteroatoms. The van der Waals surface area contributed by atoms with E-state index in [-0.39, 0.29) is 6.04 Å². The number of aromatic nitrogens is 2. The SMILES string of the molecule is Cc1nn(C(CC#N)C2CC2)cc1N(C)C. The average molecular weight is 218 g/mol. The van der Waals surface area contributed by atoms with Gasteiger partial charge >= 0.3 is 0 Å². The number of hydrogen-bond donors (Lipinski definition) is 0. The number of aryl methyl sites for hydroxylation is 1. The van der Waals surface area contributed by atoms with Gasteiger partial charge in [-0.25, -0.2) is 0 Å². The van der Waals surface area contributed by atoms with Crippen LogP contribution in [0, 0.1) is 24.2 Å². The van der Waals surface area contributed by atoms with E-state index in [1.165, 1.54) is 12.8 Å². The fourth-order valence-corrected chi connectivity index (χ4v) is 2.13. The third kappa shape index (κ3) is 2.04. The Kier molecular flexibility index (Phi) is 2.86. The lowest BCUT2D eigenvalue weighted by molar-refractivity contribution is 0.411. The summed E-state index contributed by atoms with van der Waals surface area (Å²) in [6.07, 6.45) is 5.11. The van der Waals surface area contributed by atoms with E-state index >= 15 is 0 Å². The summed E-state index contributed by atoms with van der Waals surface area (Å²) in [6, 6.07) is 2.55. The lowest BCUT2D eigenvalue weighted by Gasteiger charge is -2.13. The van der Waals surface area contributed by atoms with Crippen molar-refractivity contribution in [2.45, 2.75) is 32.2 Å². The van der Waals surface area contributed by atoms with Gasteiger partial charge < -0.3 is 4.90 Å². The van der Waals surface area contributed by atoms with Crippen LogP contribution in [0.5, 0.6) is 0 Å². The quantitative estimate of drug-likeness (QED) is 0.777. The van der Waals surface area contributed by atoms with E-state index in [9.17, 15) is 0 Å². The van der Waals surface area contributed by atoms with Gasteiger partial charge in [0.25, 0.3) is 0 Å². The molecule has 2 rings (SSSR count). The molecule has 1 heterocycles. The van der Waals surface area contributed by atoms with Crippen molar-refractivity contribution in [1.29, 1.82) is 5.26 Å². The van der Waals surface area contributed by atoms with Crippen molar-refractivity contribution < 1.29 is 0 Å². The van der Waals surface area contributed by atoms with Crippen molar-refractivity contribution in [2.75, 3.05) is 19.0 Å². The van der Waals surface area contributed by atoms with Crippen LogP contribution < -0.4 is 4.90 Å². The first-order chi connectivity index (χ1) is 7.63. The molecule has 86 valence electrons. The van der Waals surface area contributed by atoms with Crippen molar-refractivity contribution in [1.82, 2.24) is 9.78 Å². The van der Waals surface area contributed by atoms with Crippen LogP contribution in [-0.2, 0) is 0 Å². The Hall–Kier alpha value is -1.50. The van der Waals surface area contributed by atoms with Gasteiger partial charge in [0.05, 0.1) is 29.9 Å². The molecule has 1 atom stereocenters. The summed E-state index contributed by atoms with van der Waals surface area (Å²) < 4.78 is 1.99. The van der Waals surface area contributed by atoms with Crippen LogP contribution in [0.2, 0.25) is 0 Å². The highest BCUT2D eigenvalue weighted by atomic mass is 15.3. The molecule has 4 nitrogen and oxygen atoms in total. The fraction of sp³-hybridized carbons (Fsp3) is 0.667. The first kappa shape index (κ1) is 11.0. The minimum absolute atomic E-state index is 0.275. The summed E-state index contributed by atoms with van der Waals surface area (Å²) >= 11 is 0. The van der Waals surface area contributed by atoms with Crippen LogP contribution >= 0.6 is 0 Å². The summed E-state index contributed by atoms with van der Waals surface area (Å²) in [5, 5.41) is 13.4. The van der Waals surface area contributed by atoms with Crippen LogP contribution in [0.15, 0.2) is 6.20 Å². The van der Waals surface area contributed by atoms with Gasteiger partial charge in [-0.05, 0) is 25.7 Å². The molecule has 0 saturated heterocycles. The third-order valence-corrected chi connectivity index (χ3v) is 3.18. The Morgan fingerprint density at radius 1 is 1.62 bits per heavy atom. The maximum Gasteiger partial charge on any atom is 0.0827 e. The van der Waals surface area contributed by atoms with E-state index in [4.69, 9.17) is 5.26 Å². The van der Waals surface area contributed by atoms with Crippen molar-refractivity contribution in [3.05, 3.63) is 11.9 Å². The highest BCUT2D eigenvalue weighted by Gasteiger charge is 2.33. The van der Waals surface area contributed by atoms with Gasteiger partial charge in [-0.15, -0.1) is 0 Å². The smallest absolute Gasteiger partial charge is 0.0827 e. The molecule has 0 aromatic carbocycles. The summed E-state index contributed by atoms with van der Waals surface area (Å²) in [5.74, 6) is 0.661. The van der Waals surface area contributed by atoms with Gasteiger partial charge in [0, 0.05) is 20.3 Å². The molecule has 1 fully saturated rings. The molecule has 1 aromatic rings. The monoisotopic (exact) mass is 218 g/mol. The van der Waals surface area contributed by atoms with E-state index in [1.807, 2.05) is 25.7 Å². The molecule has 0 aliphatic heterocycles. The summed E-state index contributed by atoms with van der Waals surface area (Å²) in [7, 11) is 4.04. The second-order valence-electron chi connectivity index (χ2n) is 4.74. The van der Waals surface area contributed by atoms with Gasteiger partial charge in [0.1, 0.15) is 0 Å². The van der Waals surface area contributed by atoms with Crippen LogP contribution in [0.25, 0.3) is 0 Å². The van der Waals surface area contributed by atoms with Crippen LogP contribution in [-0.4, -0.2) is 23.9 Å². The summed E-state index contributed by atoms with van der Waals surface area (Å²) in [4.78, 5) is 2.06. The van der Waals surface area contributed by atoms with E-state index in [2.05, 4.69) is 22.3 Å². The Balaban J connectivity index is 2.24. The zero-order valence-electron chi connectivity index (χ0n) is 10.1. The van der Waals surface area contributed by atoms with E-state index < -0.39 is 0 Å². The minimum atomic E-state index is 0.275. The molecule has 0 spiro atoms. The third-order valence-electron chi connectivity index (χ3n) is 3.18.